The lowest BCUT2D eigenvalue weighted by atomic mass is 9.78. The van der Waals surface area contributed by atoms with Crippen molar-refractivity contribution in [3.63, 3.8) is 0 Å². The number of nitrogens with zero attached hydrogens (tertiary/aromatic N) is 2. The van der Waals surface area contributed by atoms with E-state index < -0.39 is 19.1 Å². The SMILES string of the molecule is Cc1cc(OCCCN2CCCC2=O)c(F)c(C)c1-c1cccc(COc2ccc(B3OC(=O)CN(C)CC(=O)O3)cc2)c1C. The second-order valence-electron chi connectivity index (χ2n) is 11.6. The van der Waals surface area contributed by atoms with E-state index in [0.717, 1.165) is 40.8 Å². The van der Waals surface area contributed by atoms with Crippen LogP contribution in [-0.2, 0) is 30.3 Å². The third kappa shape index (κ3) is 7.65. The first-order valence-corrected chi connectivity index (χ1v) is 15.2. The summed E-state index contributed by atoms with van der Waals surface area (Å²) in [5.74, 6) is -0.370. The summed E-state index contributed by atoms with van der Waals surface area (Å²) in [4.78, 5) is 39.4. The molecule has 45 heavy (non-hydrogen) atoms. The van der Waals surface area contributed by atoms with E-state index in [1.807, 2.05) is 36.9 Å². The maximum atomic E-state index is 15.5. The van der Waals surface area contributed by atoms with E-state index in [0.29, 0.717) is 42.8 Å². The highest BCUT2D eigenvalue weighted by Gasteiger charge is 2.33. The lowest BCUT2D eigenvalue weighted by molar-refractivity contribution is -0.145. The Morgan fingerprint density at radius 3 is 2.31 bits per heavy atom. The average molecular weight is 616 g/mol. The van der Waals surface area contributed by atoms with Crippen molar-refractivity contribution in [2.45, 2.75) is 46.6 Å². The molecule has 0 saturated carbocycles. The Bertz CT molecular complexity index is 1560. The minimum Gasteiger partial charge on any atom is -0.494 e. The highest BCUT2D eigenvalue weighted by Crippen LogP contribution is 2.36. The van der Waals surface area contributed by atoms with Gasteiger partial charge in [-0.1, -0.05) is 30.3 Å². The Morgan fingerprint density at radius 2 is 1.64 bits per heavy atom. The number of rotatable bonds is 10. The van der Waals surface area contributed by atoms with Gasteiger partial charge in [0, 0.05) is 25.0 Å². The number of likely N-dealkylation sites (N-methyl/N-ethyl adjacent to an activating group) is 1. The van der Waals surface area contributed by atoms with E-state index in [4.69, 9.17) is 18.8 Å². The van der Waals surface area contributed by atoms with E-state index in [9.17, 15) is 14.4 Å². The number of hydrogen-bond acceptors (Lipinski definition) is 8. The number of likely N-dealkylation sites (tertiary alicyclic amines) is 1. The Hall–Kier alpha value is -4.38. The summed E-state index contributed by atoms with van der Waals surface area (Å²) in [5.41, 5.74) is 5.59. The molecule has 0 radical (unpaired) electrons. The van der Waals surface area contributed by atoms with Crippen LogP contribution in [0.2, 0.25) is 0 Å². The summed E-state index contributed by atoms with van der Waals surface area (Å²) in [6.07, 6.45) is 2.15. The number of carbonyl (C=O) groups is 3. The minimum absolute atomic E-state index is 0.00214. The molecule has 1 amide bonds. The lowest BCUT2D eigenvalue weighted by Crippen LogP contribution is -2.47. The summed E-state index contributed by atoms with van der Waals surface area (Å²) in [6, 6.07) is 14.5. The van der Waals surface area contributed by atoms with E-state index in [1.165, 1.54) is 4.90 Å². The van der Waals surface area contributed by atoms with Gasteiger partial charge in [0.1, 0.15) is 12.4 Å². The zero-order chi connectivity index (χ0) is 32.1. The van der Waals surface area contributed by atoms with Crippen LogP contribution in [-0.4, -0.2) is 74.6 Å². The molecule has 2 fully saturated rings. The molecule has 0 atom stereocenters. The fraction of sp³-hybridized carbons (Fsp3) is 0.382. The van der Waals surface area contributed by atoms with Crippen molar-refractivity contribution in [2.24, 2.45) is 0 Å². The molecule has 0 N–H and O–H groups in total. The number of halogens is 1. The van der Waals surface area contributed by atoms with Crippen molar-refractivity contribution in [3.8, 4) is 22.6 Å². The third-order valence-electron chi connectivity index (χ3n) is 8.20. The molecule has 11 heteroatoms. The summed E-state index contributed by atoms with van der Waals surface area (Å²) in [7, 11) is 0.527. The summed E-state index contributed by atoms with van der Waals surface area (Å²) < 4.78 is 38.1. The smallest absolute Gasteiger partial charge is 0.494 e. The van der Waals surface area contributed by atoms with Gasteiger partial charge in [-0.2, -0.15) is 0 Å². The summed E-state index contributed by atoms with van der Waals surface area (Å²) >= 11 is 0. The van der Waals surface area contributed by atoms with Gasteiger partial charge in [0.25, 0.3) is 0 Å². The number of benzene rings is 3. The molecule has 0 spiro atoms. The molecule has 9 nitrogen and oxygen atoms in total. The molecule has 5 rings (SSSR count). The first kappa shape index (κ1) is 32.0. The predicted octanol–water partition coefficient (Wildman–Crippen LogP) is 4.12. The van der Waals surface area contributed by atoms with Crippen molar-refractivity contribution in [3.05, 3.63) is 76.6 Å². The normalized spacial score (nSPS) is 15.9. The van der Waals surface area contributed by atoms with E-state index >= 15 is 4.39 Å². The van der Waals surface area contributed by atoms with E-state index in [1.54, 1.807) is 44.3 Å². The third-order valence-corrected chi connectivity index (χ3v) is 8.20. The average Bonchev–Trinajstić information content (AvgIpc) is 3.41. The topological polar surface area (TPSA) is 94.6 Å². The molecular formula is C34H38BFN2O7. The van der Waals surface area contributed by atoms with Crippen molar-refractivity contribution < 1.29 is 37.6 Å². The van der Waals surface area contributed by atoms with Crippen LogP contribution in [0.25, 0.3) is 11.1 Å². The van der Waals surface area contributed by atoms with Gasteiger partial charge in [0.05, 0.1) is 19.7 Å². The molecule has 3 aromatic carbocycles. The van der Waals surface area contributed by atoms with Gasteiger partial charge in [-0.3, -0.25) is 19.3 Å². The van der Waals surface area contributed by atoms with E-state index in [-0.39, 0.29) is 37.2 Å². The highest BCUT2D eigenvalue weighted by molar-refractivity contribution is 6.64. The molecule has 2 heterocycles. The summed E-state index contributed by atoms with van der Waals surface area (Å²) in [5, 5.41) is 0. The highest BCUT2D eigenvalue weighted by atomic mass is 19.1. The standard InChI is InChI=1S/C34H38BFN2O7/c1-22-18-29(42-17-7-16-38-15-6-10-30(38)39)34(36)24(3)33(22)28-9-5-8-25(23(28)2)21-43-27-13-11-26(12-14-27)35-44-31(40)19-37(4)20-32(41)45-35/h5,8-9,11-14,18H,6-7,10,15-17,19-21H2,1-4H3. The molecule has 0 aliphatic carbocycles. The Morgan fingerprint density at radius 1 is 0.933 bits per heavy atom. The Labute approximate surface area is 263 Å². The van der Waals surface area contributed by atoms with Crippen molar-refractivity contribution in [2.75, 3.05) is 39.8 Å². The number of hydrogen-bond donors (Lipinski definition) is 0. The van der Waals surface area contributed by atoms with Gasteiger partial charge in [-0.05, 0) is 92.2 Å². The van der Waals surface area contributed by atoms with Crippen LogP contribution in [0.4, 0.5) is 4.39 Å². The molecule has 0 aromatic heterocycles. The molecule has 0 unspecified atom stereocenters. The molecule has 2 aliphatic heterocycles. The van der Waals surface area contributed by atoms with Crippen LogP contribution in [0.5, 0.6) is 11.5 Å². The van der Waals surface area contributed by atoms with Gasteiger partial charge < -0.3 is 23.7 Å². The maximum absolute atomic E-state index is 15.5. The molecular weight excluding hydrogens is 578 g/mol. The number of aryl methyl sites for hydroxylation is 1. The minimum atomic E-state index is -1.11. The Kier molecular flexibility index (Phi) is 10.1. The van der Waals surface area contributed by atoms with Crippen molar-refractivity contribution in [1.82, 2.24) is 9.80 Å². The van der Waals surface area contributed by atoms with Crippen LogP contribution >= 0.6 is 0 Å². The van der Waals surface area contributed by atoms with Gasteiger partial charge in [-0.25, -0.2) is 4.39 Å². The van der Waals surface area contributed by atoms with Crippen LogP contribution in [0.1, 0.15) is 41.5 Å². The summed E-state index contributed by atoms with van der Waals surface area (Å²) in [6.45, 7) is 7.72. The lowest BCUT2D eigenvalue weighted by Gasteiger charge is -2.22. The zero-order valence-electron chi connectivity index (χ0n) is 26.2. The van der Waals surface area contributed by atoms with Crippen LogP contribution in [0.3, 0.4) is 0 Å². The molecule has 2 aliphatic rings. The van der Waals surface area contributed by atoms with E-state index in [2.05, 4.69) is 0 Å². The van der Waals surface area contributed by atoms with Gasteiger partial charge in [0.2, 0.25) is 5.91 Å². The fourth-order valence-corrected chi connectivity index (χ4v) is 5.78. The first-order valence-electron chi connectivity index (χ1n) is 15.2. The van der Waals surface area contributed by atoms with Crippen molar-refractivity contribution in [1.29, 1.82) is 0 Å². The second kappa shape index (κ2) is 14.2. The number of ether oxygens (including phenoxy) is 2. The van der Waals surface area contributed by atoms with Gasteiger partial charge in [0.15, 0.2) is 11.6 Å². The first-order chi connectivity index (χ1) is 21.6. The number of amides is 1. The molecule has 2 saturated heterocycles. The van der Waals surface area contributed by atoms with Gasteiger partial charge >= 0.3 is 19.1 Å². The Balaban J connectivity index is 1.24. The monoisotopic (exact) mass is 616 g/mol. The van der Waals surface area contributed by atoms with Gasteiger partial charge in [-0.15, -0.1) is 0 Å². The zero-order valence-corrected chi connectivity index (χ0v) is 26.2. The van der Waals surface area contributed by atoms with Crippen LogP contribution < -0.4 is 14.9 Å². The fourth-order valence-electron chi connectivity index (χ4n) is 5.78. The molecule has 236 valence electrons. The molecule has 0 bridgehead atoms. The van der Waals surface area contributed by atoms with Crippen LogP contribution in [0, 0.1) is 26.6 Å². The van der Waals surface area contributed by atoms with Crippen molar-refractivity contribution >= 4 is 30.4 Å². The predicted molar refractivity (Wildman–Crippen MR) is 168 cm³/mol. The second-order valence-corrected chi connectivity index (χ2v) is 11.6. The maximum Gasteiger partial charge on any atom is 0.636 e. The van der Waals surface area contributed by atoms with Crippen LogP contribution in [0.15, 0.2) is 48.5 Å². The number of carbonyl (C=O) groups excluding carboxylic acids is 3. The largest absolute Gasteiger partial charge is 0.636 e. The molecule has 3 aromatic rings. The quantitative estimate of drug-likeness (QED) is 0.248.